The third-order valence-corrected chi connectivity index (χ3v) is 3.21. The number of morpholine rings is 1. The van der Waals surface area contributed by atoms with Crippen LogP contribution in [-0.4, -0.2) is 50.2 Å². The lowest BCUT2D eigenvalue weighted by molar-refractivity contribution is -0.224. The standard InChI is InChI=1S/C14H21NO4/c1-14(16,11-19-15-7-9-18-10-8-15)12-3-5-13(17-2)6-4-12/h3-6,16H,7-11H2,1-2H3. The van der Waals surface area contributed by atoms with Gasteiger partial charge in [-0.2, -0.15) is 5.06 Å². The van der Waals surface area contributed by atoms with E-state index in [9.17, 15) is 5.11 Å². The molecule has 1 fully saturated rings. The number of benzene rings is 1. The minimum absolute atomic E-state index is 0.222. The molecule has 5 nitrogen and oxygen atoms in total. The molecular weight excluding hydrogens is 246 g/mol. The van der Waals surface area contributed by atoms with Gasteiger partial charge >= 0.3 is 0 Å². The van der Waals surface area contributed by atoms with Crippen LogP contribution in [0.4, 0.5) is 0 Å². The maximum Gasteiger partial charge on any atom is 0.118 e. The molecule has 1 atom stereocenters. The van der Waals surface area contributed by atoms with Crippen molar-refractivity contribution < 1.29 is 19.4 Å². The van der Waals surface area contributed by atoms with Crippen LogP contribution in [0.1, 0.15) is 12.5 Å². The maximum absolute atomic E-state index is 10.5. The highest BCUT2D eigenvalue weighted by Crippen LogP contribution is 2.23. The first-order valence-corrected chi connectivity index (χ1v) is 6.44. The molecule has 0 radical (unpaired) electrons. The molecule has 1 unspecified atom stereocenters. The fourth-order valence-corrected chi connectivity index (χ4v) is 1.93. The van der Waals surface area contributed by atoms with Crippen LogP contribution in [0.25, 0.3) is 0 Å². The first-order chi connectivity index (χ1) is 9.12. The number of hydrogen-bond acceptors (Lipinski definition) is 5. The molecule has 1 aliphatic rings. The molecule has 1 aromatic carbocycles. The van der Waals surface area contributed by atoms with Gasteiger partial charge in [0.15, 0.2) is 0 Å². The van der Waals surface area contributed by atoms with E-state index in [2.05, 4.69) is 0 Å². The van der Waals surface area contributed by atoms with Gasteiger partial charge in [0.05, 0.1) is 20.3 Å². The molecule has 1 heterocycles. The lowest BCUT2D eigenvalue weighted by atomic mass is 9.97. The summed E-state index contributed by atoms with van der Waals surface area (Å²) in [5.41, 5.74) is -0.216. The largest absolute Gasteiger partial charge is 0.497 e. The average Bonchev–Trinajstić information content (AvgIpc) is 2.46. The second kappa shape index (κ2) is 6.34. The number of hydrogen-bond donors (Lipinski definition) is 1. The van der Waals surface area contributed by atoms with Crippen molar-refractivity contribution in [2.24, 2.45) is 0 Å². The van der Waals surface area contributed by atoms with Gasteiger partial charge < -0.3 is 14.6 Å². The van der Waals surface area contributed by atoms with Gasteiger partial charge in [-0.3, -0.25) is 4.84 Å². The van der Waals surface area contributed by atoms with Crippen molar-refractivity contribution in [2.75, 3.05) is 40.0 Å². The Morgan fingerprint density at radius 2 is 1.89 bits per heavy atom. The molecule has 1 saturated heterocycles. The van der Waals surface area contributed by atoms with Crippen LogP contribution in [0, 0.1) is 0 Å². The van der Waals surface area contributed by atoms with Crippen molar-refractivity contribution in [3.05, 3.63) is 29.8 Å². The summed E-state index contributed by atoms with van der Waals surface area (Å²) in [6, 6.07) is 7.36. The molecule has 1 aromatic rings. The van der Waals surface area contributed by atoms with Gasteiger partial charge in [0.2, 0.25) is 0 Å². The molecule has 0 spiro atoms. The first-order valence-electron chi connectivity index (χ1n) is 6.44. The van der Waals surface area contributed by atoms with E-state index in [1.54, 1.807) is 14.0 Å². The van der Waals surface area contributed by atoms with Crippen molar-refractivity contribution >= 4 is 0 Å². The van der Waals surface area contributed by atoms with Crippen LogP contribution in [0.3, 0.4) is 0 Å². The molecule has 0 amide bonds. The van der Waals surface area contributed by atoms with Crippen LogP contribution in [0.5, 0.6) is 5.75 Å². The Morgan fingerprint density at radius 1 is 1.26 bits per heavy atom. The Labute approximate surface area is 113 Å². The topological polar surface area (TPSA) is 51.2 Å². The zero-order valence-electron chi connectivity index (χ0n) is 11.5. The second-order valence-electron chi connectivity index (χ2n) is 4.82. The van der Waals surface area contributed by atoms with Crippen molar-refractivity contribution in [3.8, 4) is 5.75 Å². The van der Waals surface area contributed by atoms with Crippen molar-refractivity contribution in [2.45, 2.75) is 12.5 Å². The maximum atomic E-state index is 10.5. The molecule has 19 heavy (non-hydrogen) atoms. The SMILES string of the molecule is COc1ccc(C(C)(O)CON2CCOCC2)cc1. The minimum atomic E-state index is -1.02. The number of aliphatic hydroxyl groups is 1. The van der Waals surface area contributed by atoms with Crippen molar-refractivity contribution in [3.63, 3.8) is 0 Å². The smallest absolute Gasteiger partial charge is 0.118 e. The zero-order valence-corrected chi connectivity index (χ0v) is 11.5. The molecule has 1 aliphatic heterocycles. The molecule has 0 bridgehead atoms. The summed E-state index contributed by atoms with van der Waals surface area (Å²) in [5, 5.41) is 12.3. The highest BCUT2D eigenvalue weighted by Gasteiger charge is 2.25. The van der Waals surface area contributed by atoms with Gasteiger partial charge in [-0.1, -0.05) is 12.1 Å². The Hall–Kier alpha value is -1.14. The predicted octanol–water partition coefficient (Wildman–Crippen LogP) is 1.17. The third-order valence-electron chi connectivity index (χ3n) is 3.21. The summed E-state index contributed by atoms with van der Waals surface area (Å²) in [5.74, 6) is 0.772. The van der Waals surface area contributed by atoms with Crippen LogP contribution in [-0.2, 0) is 15.2 Å². The van der Waals surface area contributed by atoms with E-state index in [-0.39, 0.29) is 6.61 Å². The number of rotatable bonds is 5. The Morgan fingerprint density at radius 3 is 2.47 bits per heavy atom. The van der Waals surface area contributed by atoms with Gasteiger partial charge in [-0.15, -0.1) is 0 Å². The summed E-state index contributed by atoms with van der Waals surface area (Å²) in [6.07, 6.45) is 0. The monoisotopic (exact) mass is 267 g/mol. The van der Waals surface area contributed by atoms with E-state index < -0.39 is 5.60 Å². The van der Waals surface area contributed by atoms with E-state index in [0.717, 1.165) is 24.4 Å². The summed E-state index contributed by atoms with van der Waals surface area (Å²) < 4.78 is 10.3. The summed E-state index contributed by atoms with van der Waals surface area (Å²) in [6.45, 7) is 4.78. The normalized spacial score (nSPS) is 19.9. The first kappa shape index (κ1) is 14.3. The van der Waals surface area contributed by atoms with Gasteiger partial charge in [0.25, 0.3) is 0 Å². The van der Waals surface area contributed by atoms with E-state index >= 15 is 0 Å². The highest BCUT2D eigenvalue weighted by molar-refractivity contribution is 5.30. The highest BCUT2D eigenvalue weighted by atomic mass is 16.7. The molecule has 0 aliphatic carbocycles. The van der Waals surface area contributed by atoms with Crippen LogP contribution in [0.2, 0.25) is 0 Å². The molecule has 0 saturated carbocycles. The van der Waals surface area contributed by atoms with Crippen LogP contribution in [0.15, 0.2) is 24.3 Å². The molecule has 1 N–H and O–H groups in total. The second-order valence-corrected chi connectivity index (χ2v) is 4.82. The fraction of sp³-hybridized carbons (Fsp3) is 0.571. The number of hydroxylamine groups is 2. The zero-order chi connectivity index (χ0) is 13.7. The quantitative estimate of drug-likeness (QED) is 0.868. The van der Waals surface area contributed by atoms with Crippen molar-refractivity contribution in [1.29, 1.82) is 0 Å². The molecule has 106 valence electrons. The molecular formula is C14H21NO4. The van der Waals surface area contributed by atoms with Gasteiger partial charge in [-0.25, -0.2) is 0 Å². The lowest BCUT2D eigenvalue weighted by Crippen LogP contribution is -2.40. The molecule has 0 aromatic heterocycles. The van der Waals surface area contributed by atoms with E-state index in [1.807, 2.05) is 29.3 Å². The van der Waals surface area contributed by atoms with Crippen LogP contribution < -0.4 is 4.74 Å². The van der Waals surface area contributed by atoms with Gasteiger partial charge in [0.1, 0.15) is 18.0 Å². The Kier molecular flexibility index (Phi) is 4.76. The van der Waals surface area contributed by atoms with Gasteiger partial charge in [0, 0.05) is 13.1 Å². The van der Waals surface area contributed by atoms with Crippen LogP contribution >= 0.6 is 0 Å². The van der Waals surface area contributed by atoms with E-state index in [4.69, 9.17) is 14.3 Å². The van der Waals surface area contributed by atoms with E-state index in [0.29, 0.717) is 13.2 Å². The van der Waals surface area contributed by atoms with Crippen molar-refractivity contribution in [1.82, 2.24) is 5.06 Å². The Bertz CT molecular complexity index is 385. The number of nitrogens with zero attached hydrogens (tertiary/aromatic N) is 1. The third kappa shape index (κ3) is 3.91. The summed E-state index contributed by atoms with van der Waals surface area (Å²) >= 11 is 0. The van der Waals surface area contributed by atoms with Gasteiger partial charge in [-0.05, 0) is 24.6 Å². The Balaban J connectivity index is 1.92. The minimum Gasteiger partial charge on any atom is -0.497 e. The predicted molar refractivity (Wildman–Crippen MR) is 70.9 cm³/mol. The average molecular weight is 267 g/mol. The lowest BCUT2D eigenvalue weighted by Gasteiger charge is -2.30. The molecule has 5 heteroatoms. The molecule has 2 rings (SSSR count). The number of methoxy groups -OCH3 is 1. The summed E-state index contributed by atoms with van der Waals surface area (Å²) in [7, 11) is 1.62. The van der Waals surface area contributed by atoms with E-state index in [1.165, 1.54) is 0 Å². The number of ether oxygens (including phenoxy) is 2. The fourth-order valence-electron chi connectivity index (χ4n) is 1.93. The summed E-state index contributed by atoms with van der Waals surface area (Å²) in [4.78, 5) is 5.63.